The van der Waals surface area contributed by atoms with Gasteiger partial charge < -0.3 is 15.2 Å². The van der Waals surface area contributed by atoms with Crippen LogP contribution in [0.1, 0.15) is 38.2 Å². The Kier molecular flexibility index (Phi) is 5.62. The van der Waals surface area contributed by atoms with Gasteiger partial charge in [0.1, 0.15) is 5.60 Å². The highest BCUT2D eigenvalue weighted by atomic mass is 35.5. The molecule has 2 atom stereocenters. The fourth-order valence-corrected chi connectivity index (χ4v) is 2.85. The Hall–Kier alpha value is -1.10. The Labute approximate surface area is 130 Å². The van der Waals surface area contributed by atoms with E-state index in [2.05, 4.69) is 5.32 Å². The molecule has 0 bridgehead atoms. The summed E-state index contributed by atoms with van der Waals surface area (Å²) in [7, 11) is 0. The lowest BCUT2D eigenvalue weighted by Crippen LogP contribution is -2.40. The topological polar surface area (TPSA) is 58.6 Å². The summed E-state index contributed by atoms with van der Waals surface area (Å²) in [5.74, 6) is -0.103. The largest absolute Gasteiger partial charge is 0.384 e. The third-order valence-electron chi connectivity index (χ3n) is 3.77. The maximum Gasteiger partial charge on any atom is 0.222 e. The molecule has 0 unspecified atom stereocenters. The molecule has 0 aromatic heterocycles. The van der Waals surface area contributed by atoms with Gasteiger partial charge in [-0.1, -0.05) is 29.8 Å². The van der Waals surface area contributed by atoms with Gasteiger partial charge in [0.05, 0.1) is 19.1 Å². The van der Waals surface area contributed by atoms with Gasteiger partial charge >= 0.3 is 0 Å². The number of hydrogen-bond acceptors (Lipinski definition) is 3. The predicted octanol–water partition coefficient (Wildman–Crippen LogP) is 2.62. The van der Waals surface area contributed by atoms with E-state index in [0.29, 0.717) is 17.0 Å². The number of halogens is 1. The number of benzene rings is 1. The summed E-state index contributed by atoms with van der Waals surface area (Å²) in [4.78, 5) is 11.9. The summed E-state index contributed by atoms with van der Waals surface area (Å²) in [6.45, 7) is 2.50. The summed E-state index contributed by atoms with van der Waals surface area (Å²) in [5, 5.41) is 13.8. The molecule has 21 heavy (non-hydrogen) atoms. The van der Waals surface area contributed by atoms with E-state index in [9.17, 15) is 9.90 Å². The maximum absolute atomic E-state index is 11.9. The quantitative estimate of drug-likeness (QED) is 0.879. The molecule has 1 amide bonds. The van der Waals surface area contributed by atoms with Crippen molar-refractivity contribution in [1.29, 1.82) is 0 Å². The number of nitrogens with one attached hydrogen (secondary N) is 1. The van der Waals surface area contributed by atoms with Gasteiger partial charge in [-0.2, -0.15) is 0 Å². The highest BCUT2D eigenvalue weighted by Gasteiger charge is 2.26. The van der Waals surface area contributed by atoms with Crippen LogP contribution in [-0.2, 0) is 15.1 Å². The van der Waals surface area contributed by atoms with Crippen molar-refractivity contribution in [2.24, 2.45) is 0 Å². The molecule has 0 spiro atoms. The lowest BCUT2D eigenvalue weighted by atomic mass is 9.96. The minimum Gasteiger partial charge on any atom is -0.384 e. The summed E-state index contributed by atoms with van der Waals surface area (Å²) < 4.78 is 5.54. The first-order valence-electron chi connectivity index (χ1n) is 7.35. The molecule has 1 fully saturated rings. The first-order valence-corrected chi connectivity index (χ1v) is 7.72. The van der Waals surface area contributed by atoms with E-state index in [1.807, 2.05) is 6.07 Å². The van der Waals surface area contributed by atoms with E-state index >= 15 is 0 Å². The SMILES string of the molecule is C[C@](O)(CNC(=O)C[C@@H]1CCCCO1)c1ccccc1Cl. The fraction of sp³-hybridized carbons (Fsp3) is 0.562. The van der Waals surface area contributed by atoms with Gasteiger partial charge in [0.15, 0.2) is 0 Å². The summed E-state index contributed by atoms with van der Waals surface area (Å²) in [6.07, 6.45) is 3.45. The molecular formula is C16H22ClNO3. The zero-order valence-electron chi connectivity index (χ0n) is 12.3. The van der Waals surface area contributed by atoms with Crippen molar-refractivity contribution in [2.45, 2.75) is 44.3 Å². The average Bonchev–Trinajstić information content (AvgIpc) is 2.47. The normalized spacial score (nSPS) is 21.6. The van der Waals surface area contributed by atoms with Gasteiger partial charge in [-0.05, 0) is 32.3 Å². The second-order valence-electron chi connectivity index (χ2n) is 5.72. The summed E-state index contributed by atoms with van der Waals surface area (Å²) >= 11 is 6.09. The van der Waals surface area contributed by atoms with Crippen LogP contribution in [-0.4, -0.2) is 30.3 Å². The van der Waals surface area contributed by atoms with Crippen LogP contribution < -0.4 is 5.32 Å². The molecule has 0 radical (unpaired) electrons. The highest BCUT2D eigenvalue weighted by Crippen LogP contribution is 2.27. The molecule has 2 N–H and O–H groups in total. The van der Waals surface area contributed by atoms with Crippen molar-refractivity contribution < 1.29 is 14.6 Å². The van der Waals surface area contributed by atoms with Crippen molar-refractivity contribution in [3.8, 4) is 0 Å². The van der Waals surface area contributed by atoms with E-state index < -0.39 is 5.60 Å². The van der Waals surface area contributed by atoms with Crippen molar-refractivity contribution in [3.05, 3.63) is 34.9 Å². The van der Waals surface area contributed by atoms with E-state index in [1.54, 1.807) is 25.1 Å². The van der Waals surface area contributed by atoms with E-state index in [4.69, 9.17) is 16.3 Å². The Bertz CT molecular complexity index is 484. The molecule has 0 aliphatic carbocycles. The van der Waals surface area contributed by atoms with Crippen molar-refractivity contribution in [2.75, 3.05) is 13.2 Å². The molecule has 0 saturated carbocycles. The molecule has 1 aromatic carbocycles. The van der Waals surface area contributed by atoms with E-state index in [-0.39, 0.29) is 18.6 Å². The fourth-order valence-electron chi connectivity index (χ4n) is 2.51. The van der Waals surface area contributed by atoms with Gasteiger partial charge in [-0.25, -0.2) is 0 Å². The maximum atomic E-state index is 11.9. The zero-order chi connectivity index (χ0) is 15.3. The molecule has 4 nitrogen and oxygen atoms in total. The van der Waals surface area contributed by atoms with Gasteiger partial charge in [-0.15, -0.1) is 0 Å². The number of carbonyl (C=O) groups excluding carboxylic acids is 1. The Morgan fingerprint density at radius 2 is 2.24 bits per heavy atom. The zero-order valence-corrected chi connectivity index (χ0v) is 13.0. The van der Waals surface area contributed by atoms with Crippen LogP contribution in [0.4, 0.5) is 0 Å². The molecule has 1 aromatic rings. The van der Waals surface area contributed by atoms with Gasteiger partial charge in [0.25, 0.3) is 0 Å². The van der Waals surface area contributed by atoms with Crippen LogP contribution >= 0.6 is 11.6 Å². The average molecular weight is 312 g/mol. The van der Waals surface area contributed by atoms with Crippen LogP contribution in [0.5, 0.6) is 0 Å². The van der Waals surface area contributed by atoms with Gasteiger partial charge in [0, 0.05) is 17.2 Å². The standard InChI is InChI=1S/C16H22ClNO3/c1-16(20,13-7-2-3-8-14(13)17)11-18-15(19)10-12-6-4-5-9-21-12/h2-3,7-8,12,20H,4-6,9-11H2,1H3,(H,18,19)/t12-,16-/m0/s1. The van der Waals surface area contributed by atoms with Crippen LogP contribution in [0.2, 0.25) is 5.02 Å². The third-order valence-corrected chi connectivity index (χ3v) is 4.10. The number of aliphatic hydroxyl groups is 1. The monoisotopic (exact) mass is 311 g/mol. The lowest BCUT2D eigenvalue weighted by molar-refractivity contribution is -0.126. The summed E-state index contributed by atoms with van der Waals surface area (Å²) in [6, 6.07) is 7.11. The van der Waals surface area contributed by atoms with Crippen LogP contribution in [0.15, 0.2) is 24.3 Å². The minimum atomic E-state index is -1.19. The van der Waals surface area contributed by atoms with E-state index in [1.165, 1.54) is 0 Å². The second-order valence-corrected chi connectivity index (χ2v) is 6.13. The summed E-state index contributed by atoms with van der Waals surface area (Å²) in [5.41, 5.74) is -0.581. The molecule has 2 rings (SSSR count). The van der Waals surface area contributed by atoms with Crippen molar-refractivity contribution in [1.82, 2.24) is 5.32 Å². The van der Waals surface area contributed by atoms with Crippen LogP contribution in [0.3, 0.4) is 0 Å². The lowest BCUT2D eigenvalue weighted by Gasteiger charge is -2.26. The van der Waals surface area contributed by atoms with Gasteiger partial charge in [-0.3, -0.25) is 4.79 Å². The number of ether oxygens (including phenoxy) is 1. The van der Waals surface area contributed by atoms with Gasteiger partial charge in [0.2, 0.25) is 5.91 Å². The molecule has 1 aliphatic rings. The first-order chi connectivity index (χ1) is 9.99. The van der Waals surface area contributed by atoms with Crippen LogP contribution in [0, 0.1) is 0 Å². The van der Waals surface area contributed by atoms with Crippen molar-refractivity contribution in [3.63, 3.8) is 0 Å². The molecule has 1 saturated heterocycles. The molecular weight excluding hydrogens is 290 g/mol. The van der Waals surface area contributed by atoms with E-state index in [0.717, 1.165) is 25.9 Å². The number of hydrogen-bond donors (Lipinski definition) is 2. The first kappa shape index (κ1) is 16.3. The molecule has 1 aliphatic heterocycles. The second kappa shape index (κ2) is 7.25. The van der Waals surface area contributed by atoms with Crippen LogP contribution in [0.25, 0.3) is 0 Å². The number of amides is 1. The number of carbonyl (C=O) groups is 1. The smallest absolute Gasteiger partial charge is 0.222 e. The highest BCUT2D eigenvalue weighted by molar-refractivity contribution is 6.31. The molecule has 116 valence electrons. The molecule has 1 heterocycles. The Morgan fingerprint density at radius 3 is 2.90 bits per heavy atom. The third kappa shape index (κ3) is 4.70. The van der Waals surface area contributed by atoms with Crippen molar-refractivity contribution >= 4 is 17.5 Å². The minimum absolute atomic E-state index is 0.00372. The predicted molar refractivity (Wildman–Crippen MR) is 82.2 cm³/mol. The Balaban J connectivity index is 1.86. The molecule has 5 heteroatoms. The Morgan fingerprint density at radius 1 is 1.48 bits per heavy atom. The number of rotatable bonds is 5.